The van der Waals surface area contributed by atoms with Gasteiger partial charge in [0.15, 0.2) is 11.5 Å². The number of hydrogen-bond donors (Lipinski definition) is 1. The third-order valence-corrected chi connectivity index (χ3v) is 2.99. The predicted octanol–water partition coefficient (Wildman–Crippen LogP) is 1.28. The molecule has 0 fully saturated rings. The zero-order valence-electron chi connectivity index (χ0n) is 11.0. The highest BCUT2D eigenvalue weighted by atomic mass is 16.5. The summed E-state index contributed by atoms with van der Waals surface area (Å²) in [6.45, 7) is 1.24. The molecule has 0 aliphatic heterocycles. The van der Waals surface area contributed by atoms with Crippen LogP contribution in [-0.4, -0.2) is 32.1 Å². The lowest BCUT2D eigenvalue weighted by Gasteiger charge is -2.11. The Kier molecular flexibility index (Phi) is 3.51. The van der Waals surface area contributed by atoms with E-state index in [4.69, 9.17) is 4.74 Å². The van der Waals surface area contributed by atoms with Crippen LogP contribution in [0.4, 0.5) is 5.82 Å². The average molecular weight is 270 g/mol. The fourth-order valence-electron chi connectivity index (χ4n) is 2.01. The van der Waals surface area contributed by atoms with Gasteiger partial charge in [-0.15, -0.1) is 5.10 Å². The Bertz CT molecular complexity index is 711. The van der Waals surface area contributed by atoms with E-state index in [9.17, 15) is 0 Å². The van der Waals surface area contributed by atoms with E-state index in [2.05, 4.69) is 38.0 Å². The van der Waals surface area contributed by atoms with E-state index in [-0.39, 0.29) is 0 Å². The molecule has 0 spiro atoms. The maximum absolute atomic E-state index is 5.20. The lowest BCUT2D eigenvalue weighted by Crippen LogP contribution is -2.07. The predicted molar refractivity (Wildman–Crippen MR) is 73.1 cm³/mol. The van der Waals surface area contributed by atoms with Gasteiger partial charge in [0.1, 0.15) is 0 Å². The molecule has 20 heavy (non-hydrogen) atoms. The van der Waals surface area contributed by atoms with E-state index in [0.717, 1.165) is 11.4 Å². The van der Waals surface area contributed by atoms with Gasteiger partial charge >= 0.3 is 0 Å². The van der Waals surface area contributed by atoms with Gasteiger partial charge in [0, 0.05) is 13.7 Å². The van der Waals surface area contributed by atoms with Gasteiger partial charge in [-0.1, -0.05) is 24.3 Å². The van der Waals surface area contributed by atoms with Crippen molar-refractivity contribution in [3.8, 4) is 0 Å². The molecule has 7 heteroatoms. The normalized spacial score (nSPS) is 10.8. The number of hydrogen-bond acceptors (Lipinski definition) is 6. The van der Waals surface area contributed by atoms with Crippen LogP contribution in [0.2, 0.25) is 0 Å². The van der Waals surface area contributed by atoms with Gasteiger partial charge in [-0.05, 0) is 21.6 Å². The molecule has 0 radical (unpaired) electrons. The molecule has 1 N–H and O–H groups in total. The summed E-state index contributed by atoms with van der Waals surface area (Å²) in [6.07, 6.45) is 3.31. The molecular weight excluding hydrogens is 256 g/mol. The number of nitrogens with zero attached hydrogens (tertiary/aromatic N) is 5. The molecule has 2 aromatic heterocycles. The minimum absolute atomic E-state index is 0.588. The molecule has 2 heterocycles. The number of nitrogens with one attached hydrogen (secondary N) is 1. The van der Waals surface area contributed by atoms with Crippen molar-refractivity contribution < 1.29 is 4.74 Å². The summed E-state index contributed by atoms with van der Waals surface area (Å²) in [5.41, 5.74) is 2.93. The first kappa shape index (κ1) is 12.5. The summed E-state index contributed by atoms with van der Waals surface area (Å²) in [6, 6.07) is 8.12. The summed E-state index contributed by atoms with van der Waals surface area (Å²) in [7, 11) is 1.69. The van der Waals surface area contributed by atoms with Gasteiger partial charge in [0.25, 0.3) is 0 Å². The Morgan fingerprint density at radius 3 is 2.90 bits per heavy atom. The Morgan fingerprint density at radius 2 is 2.05 bits per heavy atom. The number of fused-ring (bicyclic) bond motifs is 1. The highest BCUT2D eigenvalue weighted by Gasteiger charge is 2.05. The fraction of sp³-hybridized carbons (Fsp3) is 0.231. The van der Waals surface area contributed by atoms with Crippen LogP contribution in [0.3, 0.4) is 0 Å². The van der Waals surface area contributed by atoms with E-state index in [0.29, 0.717) is 18.8 Å². The van der Waals surface area contributed by atoms with E-state index in [1.807, 2.05) is 12.1 Å². The first-order valence-corrected chi connectivity index (χ1v) is 6.20. The largest absolute Gasteiger partial charge is 0.380 e. The van der Waals surface area contributed by atoms with Crippen molar-refractivity contribution in [1.29, 1.82) is 0 Å². The second-order valence-electron chi connectivity index (χ2n) is 4.30. The van der Waals surface area contributed by atoms with Crippen molar-refractivity contribution in [2.45, 2.75) is 13.2 Å². The topological polar surface area (TPSA) is 77.2 Å². The molecule has 0 atom stereocenters. The molecule has 7 nitrogen and oxygen atoms in total. The number of rotatable bonds is 5. The van der Waals surface area contributed by atoms with Gasteiger partial charge in [0.2, 0.25) is 0 Å². The van der Waals surface area contributed by atoms with Gasteiger partial charge in [-0.25, -0.2) is 0 Å². The lowest BCUT2D eigenvalue weighted by molar-refractivity contribution is 0.184. The SMILES string of the molecule is COCc1ccccc1CNc1cncc2nnnn12. The lowest BCUT2D eigenvalue weighted by atomic mass is 10.1. The summed E-state index contributed by atoms with van der Waals surface area (Å²) in [4.78, 5) is 4.11. The van der Waals surface area contributed by atoms with Crippen molar-refractivity contribution in [3.05, 3.63) is 47.8 Å². The van der Waals surface area contributed by atoms with Crippen LogP contribution < -0.4 is 5.32 Å². The zero-order valence-corrected chi connectivity index (χ0v) is 11.0. The summed E-state index contributed by atoms with van der Waals surface area (Å²) in [5.74, 6) is 0.750. The van der Waals surface area contributed by atoms with Gasteiger partial charge < -0.3 is 10.1 Å². The van der Waals surface area contributed by atoms with Crippen LogP contribution in [0.15, 0.2) is 36.7 Å². The molecule has 3 rings (SSSR count). The highest BCUT2D eigenvalue weighted by molar-refractivity contribution is 5.44. The number of tetrazole rings is 1. The highest BCUT2D eigenvalue weighted by Crippen LogP contribution is 2.13. The van der Waals surface area contributed by atoms with Crippen molar-refractivity contribution in [1.82, 2.24) is 25.0 Å². The fourth-order valence-corrected chi connectivity index (χ4v) is 2.01. The smallest absolute Gasteiger partial charge is 0.199 e. The van der Waals surface area contributed by atoms with Gasteiger partial charge in [0.05, 0.1) is 19.0 Å². The van der Waals surface area contributed by atoms with Crippen LogP contribution >= 0.6 is 0 Å². The third kappa shape index (κ3) is 2.43. The molecule has 102 valence electrons. The second-order valence-corrected chi connectivity index (χ2v) is 4.30. The second kappa shape index (κ2) is 5.62. The van der Waals surface area contributed by atoms with E-state index < -0.39 is 0 Å². The Morgan fingerprint density at radius 1 is 1.20 bits per heavy atom. The van der Waals surface area contributed by atoms with Crippen LogP contribution in [0.5, 0.6) is 0 Å². The quantitative estimate of drug-likeness (QED) is 0.752. The number of anilines is 1. The average Bonchev–Trinajstić information content (AvgIpc) is 2.96. The minimum atomic E-state index is 0.588. The summed E-state index contributed by atoms with van der Waals surface area (Å²) >= 11 is 0. The number of ether oxygens (including phenoxy) is 1. The first-order valence-electron chi connectivity index (χ1n) is 6.20. The molecule has 0 bridgehead atoms. The third-order valence-electron chi connectivity index (χ3n) is 2.99. The van der Waals surface area contributed by atoms with E-state index in [1.54, 1.807) is 24.0 Å². The van der Waals surface area contributed by atoms with Crippen molar-refractivity contribution in [2.75, 3.05) is 12.4 Å². The maximum atomic E-state index is 5.20. The van der Waals surface area contributed by atoms with Gasteiger partial charge in [-0.3, -0.25) is 4.98 Å². The Balaban J connectivity index is 1.81. The van der Waals surface area contributed by atoms with Crippen molar-refractivity contribution >= 4 is 11.5 Å². The molecular formula is C13H14N6O. The van der Waals surface area contributed by atoms with Crippen molar-refractivity contribution in [3.63, 3.8) is 0 Å². The van der Waals surface area contributed by atoms with E-state index >= 15 is 0 Å². The molecule has 0 aliphatic rings. The Labute approximate surface area is 115 Å². The molecule has 0 saturated heterocycles. The maximum Gasteiger partial charge on any atom is 0.199 e. The number of aromatic nitrogens is 5. The first-order chi connectivity index (χ1) is 9.88. The molecule has 0 aliphatic carbocycles. The summed E-state index contributed by atoms with van der Waals surface area (Å²) in [5, 5.41) is 14.7. The standard InChI is InChI=1S/C13H14N6O/c1-20-9-11-5-3-2-4-10(11)6-15-12-7-14-8-13-16-17-18-19(12)13/h2-5,7-8,15H,6,9H2,1H3. The van der Waals surface area contributed by atoms with Crippen molar-refractivity contribution in [2.24, 2.45) is 0 Å². The Hall–Kier alpha value is -2.54. The minimum Gasteiger partial charge on any atom is -0.380 e. The van der Waals surface area contributed by atoms with Crippen LogP contribution in [0.1, 0.15) is 11.1 Å². The molecule has 0 unspecified atom stereocenters. The van der Waals surface area contributed by atoms with E-state index in [1.165, 1.54) is 5.56 Å². The number of methoxy groups -OCH3 is 1. The van der Waals surface area contributed by atoms with Gasteiger partial charge in [-0.2, -0.15) is 4.52 Å². The molecule has 3 aromatic rings. The monoisotopic (exact) mass is 270 g/mol. The zero-order chi connectivity index (χ0) is 13.8. The molecule has 0 amide bonds. The van der Waals surface area contributed by atoms with Crippen LogP contribution in [-0.2, 0) is 17.9 Å². The van der Waals surface area contributed by atoms with Crippen LogP contribution in [0.25, 0.3) is 5.65 Å². The van der Waals surface area contributed by atoms with Crippen LogP contribution in [0, 0.1) is 0 Å². The summed E-state index contributed by atoms with van der Waals surface area (Å²) < 4.78 is 6.82. The molecule has 0 saturated carbocycles. The molecule has 1 aromatic carbocycles. The number of benzene rings is 1.